The van der Waals surface area contributed by atoms with Gasteiger partial charge in [-0.3, -0.25) is 14.6 Å². The molecule has 0 spiro atoms. The van der Waals surface area contributed by atoms with Crippen molar-refractivity contribution in [2.24, 2.45) is 5.92 Å². The molecule has 7 heteroatoms. The van der Waals surface area contributed by atoms with Gasteiger partial charge in [0.05, 0.1) is 18.8 Å². The van der Waals surface area contributed by atoms with E-state index in [1.54, 1.807) is 23.9 Å². The number of hydrogen-bond acceptors (Lipinski definition) is 4. The molecule has 5 nitrogen and oxygen atoms in total. The summed E-state index contributed by atoms with van der Waals surface area (Å²) in [4.78, 5) is 18.9. The van der Waals surface area contributed by atoms with E-state index in [1.807, 2.05) is 0 Å². The smallest absolute Gasteiger partial charge is 0.244 e. The molecule has 0 aromatic heterocycles. The lowest BCUT2D eigenvalue weighted by molar-refractivity contribution is -0.135. The first-order chi connectivity index (χ1) is 12.4. The van der Waals surface area contributed by atoms with Gasteiger partial charge in [-0.1, -0.05) is 13.0 Å². The lowest BCUT2D eigenvalue weighted by Gasteiger charge is -2.34. The lowest BCUT2D eigenvalue weighted by atomic mass is 10.0. The fourth-order valence-corrected chi connectivity index (χ4v) is 4.06. The van der Waals surface area contributed by atoms with Crippen LogP contribution in [0.3, 0.4) is 0 Å². The number of morpholine rings is 1. The third kappa shape index (κ3) is 3.75. The van der Waals surface area contributed by atoms with E-state index in [2.05, 4.69) is 11.8 Å². The molecule has 144 valence electrons. The van der Waals surface area contributed by atoms with Crippen LogP contribution in [0, 0.1) is 17.6 Å². The van der Waals surface area contributed by atoms with Crippen LogP contribution in [0.1, 0.15) is 18.5 Å². The van der Waals surface area contributed by atoms with Crippen molar-refractivity contribution in [2.75, 3.05) is 53.5 Å². The van der Waals surface area contributed by atoms with Gasteiger partial charge < -0.3 is 9.64 Å². The van der Waals surface area contributed by atoms with Crippen LogP contribution in [0.2, 0.25) is 0 Å². The SMILES string of the molecule is CC1CN(C(=O)C(c2c(F)cccc2F)N(C)C)CC1N1CCOCC1. The van der Waals surface area contributed by atoms with Crippen molar-refractivity contribution in [1.82, 2.24) is 14.7 Å². The van der Waals surface area contributed by atoms with Crippen molar-refractivity contribution in [3.05, 3.63) is 35.4 Å². The monoisotopic (exact) mass is 367 g/mol. The Hall–Kier alpha value is -1.57. The highest BCUT2D eigenvalue weighted by Gasteiger charge is 2.40. The number of carbonyl (C=O) groups excluding carboxylic acids is 1. The summed E-state index contributed by atoms with van der Waals surface area (Å²) in [7, 11) is 3.35. The predicted molar refractivity (Wildman–Crippen MR) is 94.7 cm³/mol. The van der Waals surface area contributed by atoms with Gasteiger partial charge in [0.15, 0.2) is 0 Å². The molecular formula is C19H27F2N3O2. The number of amides is 1. The van der Waals surface area contributed by atoms with Crippen LogP contribution in [-0.4, -0.2) is 80.1 Å². The molecular weight excluding hydrogens is 340 g/mol. The summed E-state index contributed by atoms with van der Waals surface area (Å²) in [5.41, 5.74) is -0.176. The Morgan fingerprint density at radius 2 is 1.81 bits per heavy atom. The summed E-state index contributed by atoms with van der Waals surface area (Å²) in [6.45, 7) is 6.44. The lowest BCUT2D eigenvalue weighted by Crippen LogP contribution is -2.47. The third-order valence-electron chi connectivity index (χ3n) is 5.42. The van der Waals surface area contributed by atoms with Crippen LogP contribution >= 0.6 is 0 Å². The summed E-state index contributed by atoms with van der Waals surface area (Å²) < 4.78 is 34.0. The van der Waals surface area contributed by atoms with Crippen molar-refractivity contribution >= 4 is 5.91 Å². The highest BCUT2D eigenvalue weighted by atomic mass is 19.1. The maximum atomic E-state index is 14.3. The number of ether oxygens (including phenoxy) is 1. The minimum atomic E-state index is -0.966. The maximum Gasteiger partial charge on any atom is 0.244 e. The van der Waals surface area contributed by atoms with Crippen LogP contribution in [0.25, 0.3) is 0 Å². The second-order valence-electron chi connectivity index (χ2n) is 7.44. The number of hydrogen-bond donors (Lipinski definition) is 0. The zero-order chi connectivity index (χ0) is 18.8. The Kier molecular flexibility index (Phi) is 5.89. The Bertz CT molecular complexity index is 629. The molecule has 2 saturated heterocycles. The first kappa shape index (κ1) is 19.2. The summed E-state index contributed by atoms with van der Waals surface area (Å²) in [5.74, 6) is -1.31. The minimum Gasteiger partial charge on any atom is -0.379 e. The van der Waals surface area contributed by atoms with Crippen molar-refractivity contribution in [1.29, 1.82) is 0 Å². The van der Waals surface area contributed by atoms with Crippen LogP contribution in [0.4, 0.5) is 8.78 Å². The van der Waals surface area contributed by atoms with Crippen molar-refractivity contribution in [3.63, 3.8) is 0 Å². The van der Waals surface area contributed by atoms with Gasteiger partial charge in [0.25, 0.3) is 0 Å². The van der Waals surface area contributed by atoms with E-state index in [1.165, 1.54) is 18.2 Å². The number of carbonyl (C=O) groups is 1. The molecule has 0 saturated carbocycles. The summed E-state index contributed by atoms with van der Waals surface area (Å²) in [6.07, 6.45) is 0. The molecule has 0 aliphatic carbocycles. The molecule has 1 aromatic carbocycles. The molecule has 1 aromatic rings. The zero-order valence-electron chi connectivity index (χ0n) is 15.6. The molecule has 26 heavy (non-hydrogen) atoms. The van der Waals surface area contributed by atoms with E-state index in [-0.39, 0.29) is 17.5 Å². The zero-order valence-corrected chi connectivity index (χ0v) is 15.6. The van der Waals surface area contributed by atoms with Gasteiger partial charge in [0, 0.05) is 32.2 Å². The number of nitrogens with zero attached hydrogens (tertiary/aromatic N) is 3. The topological polar surface area (TPSA) is 36.0 Å². The van der Waals surface area contributed by atoms with E-state index in [0.717, 1.165) is 13.1 Å². The molecule has 2 aliphatic rings. The molecule has 0 N–H and O–H groups in total. The van der Waals surface area contributed by atoms with E-state index < -0.39 is 17.7 Å². The largest absolute Gasteiger partial charge is 0.379 e. The number of halogens is 2. The van der Waals surface area contributed by atoms with Gasteiger partial charge in [0.1, 0.15) is 17.7 Å². The molecule has 3 rings (SSSR count). The van der Waals surface area contributed by atoms with Crippen LogP contribution in [-0.2, 0) is 9.53 Å². The van der Waals surface area contributed by atoms with Gasteiger partial charge in [-0.15, -0.1) is 0 Å². The van der Waals surface area contributed by atoms with Gasteiger partial charge in [-0.25, -0.2) is 8.78 Å². The average molecular weight is 367 g/mol. The summed E-state index contributed by atoms with van der Waals surface area (Å²) in [5, 5.41) is 0. The first-order valence-corrected chi connectivity index (χ1v) is 9.11. The Balaban J connectivity index is 1.80. The minimum absolute atomic E-state index is 0.176. The van der Waals surface area contributed by atoms with E-state index in [0.29, 0.717) is 32.2 Å². The Labute approximate surface area is 153 Å². The van der Waals surface area contributed by atoms with Gasteiger partial charge >= 0.3 is 0 Å². The van der Waals surface area contributed by atoms with Crippen molar-refractivity contribution in [3.8, 4) is 0 Å². The molecule has 2 heterocycles. The van der Waals surface area contributed by atoms with Gasteiger partial charge in [0.2, 0.25) is 5.91 Å². The fourth-order valence-electron chi connectivity index (χ4n) is 4.06. The van der Waals surface area contributed by atoms with E-state index >= 15 is 0 Å². The van der Waals surface area contributed by atoms with Crippen molar-refractivity contribution in [2.45, 2.75) is 19.0 Å². The Morgan fingerprint density at radius 3 is 2.38 bits per heavy atom. The van der Waals surface area contributed by atoms with Gasteiger partial charge in [-0.05, 0) is 32.1 Å². The molecule has 1 amide bonds. The number of likely N-dealkylation sites (tertiary alicyclic amines) is 1. The molecule has 0 radical (unpaired) electrons. The predicted octanol–water partition coefficient (Wildman–Crippen LogP) is 1.75. The molecule has 3 atom stereocenters. The molecule has 3 unspecified atom stereocenters. The standard InChI is InChI=1S/C19H27F2N3O2/c1-13-11-24(12-16(13)23-7-9-26-10-8-23)19(25)18(22(2)3)17-14(20)5-4-6-15(17)21/h4-6,13,16,18H,7-12H2,1-3H3. The maximum absolute atomic E-state index is 14.3. The van der Waals surface area contributed by atoms with E-state index in [9.17, 15) is 13.6 Å². The second-order valence-corrected chi connectivity index (χ2v) is 7.44. The summed E-state index contributed by atoms with van der Waals surface area (Å²) >= 11 is 0. The van der Waals surface area contributed by atoms with E-state index in [4.69, 9.17) is 4.74 Å². The van der Waals surface area contributed by atoms with Gasteiger partial charge in [-0.2, -0.15) is 0 Å². The number of benzene rings is 1. The normalized spacial score (nSPS) is 25.7. The molecule has 2 aliphatic heterocycles. The van der Waals surface area contributed by atoms with Crippen LogP contribution < -0.4 is 0 Å². The first-order valence-electron chi connectivity index (χ1n) is 9.11. The fraction of sp³-hybridized carbons (Fsp3) is 0.632. The average Bonchev–Trinajstić information content (AvgIpc) is 3.00. The second kappa shape index (κ2) is 7.98. The highest BCUT2D eigenvalue weighted by Crippen LogP contribution is 2.30. The van der Waals surface area contributed by atoms with Crippen LogP contribution in [0.5, 0.6) is 0 Å². The third-order valence-corrected chi connectivity index (χ3v) is 5.42. The number of rotatable bonds is 4. The summed E-state index contributed by atoms with van der Waals surface area (Å²) in [6, 6.07) is 3.01. The Morgan fingerprint density at radius 1 is 1.19 bits per heavy atom. The van der Waals surface area contributed by atoms with Crippen molar-refractivity contribution < 1.29 is 18.3 Å². The molecule has 2 fully saturated rings. The highest BCUT2D eigenvalue weighted by molar-refractivity contribution is 5.83. The molecule has 0 bridgehead atoms. The quantitative estimate of drug-likeness (QED) is 0.812. The number of likely N-dealkylation sites (N-methyl/N-ethyl adjacent to an activating group) is 1. The van der Waals surface area contributed by atoms with Crippen LogP contribution in [0.15, 0.2) is 18.2 Å².